The van der Waals surface area contributed by atoms with Crippen LogP contribution in [0.4, 0.5) is 0 Å². The third-order valence-corrected chi connectivity index (χ3v) is 4.94. The molecule has 0 aliphatic heterocycles. The predicted octanol–water partition coefficient (Wildman–Crippen LogP) is 6.44. The SMILES string of the molecule is CC(C)(C)c1cc(CCC(=O)c2[nH]c(Cl)cc2Cl)cc(C(C)(C)C)c1O. The summed E-state index contributed by atoms with van der Waals surface area (Å²) in [6.07, 6.45) is 0.882. The van der Waals surface area contributed by atoms with Crippen molar-refractivity contribution in [2.75, 3.05) is 0 Å². The summed E-state index contributed by atoms with van der Waals surface area (Å²) < 4.78 is 0. The molecule has 3 nitrogen and oxygen atoms in total. The van der Waals surface area contributed by atoms with E-state index in [1.807, 2.05) is 12.1 Å². The van der Waals surface area contributed by atoms with Gasteiger partial charge < -0.3 is 10.1 Å². The van der Waals surface area contributed by atoms with Crippen LogP contribution >= 0.6 is 23.2 Å². The Morgan fingerprint density at radius 2 is 1.50 bits per heavy atom. The molecule has 2 aromatic rings. The Hall–Kier alpha value is -1.45. The molecule has 26 heavy (non-hydrogen) atoms. The molecule has 2 N–H and O–H groups in total. The van der Waals surface area contributed by atoms with Crippen LogP contribution in [-0.2, 0) is 17.3 Å². The highest BCUT2D eigenvalue weighted by Gasteiger charge is 2.26. The van der Waals surface area contributed by atoms with E-state index in [-0.39, 0.29) is 16.6 Å². The van der Waals surface area contributed by atoms with E-state index in [0.29, 0.717) is 34.5 Å². The van der Waals surface area contributed by atoms with Gasteiger partial charge in [-0.25, -0.2) is 0 Å². The van der Waals surface area contributed by atoms with Crippen molar-refractivity contribution in [2.45, 2.75) is 65.2 Å². The molecule has 0 fully saturated rings. The maximum Gasteiger partial charge on any atom is 0.180 e. The second kappa shape index (κ2) is 7.28. The minimum atomic E-state index is -0.194. The number of phenols is 1. The molecule has 0 amide bonds. The number of rotatable bonds is 4. The van der Waals surface area contributed by atoms with Crippen molar-refractivity contribution >= 4 is 29.0 Å². The van der Waals surface area contributed by atoms with Crippen LogP contribution in [0.2, 0.25) is 10.2 Å². The molecular weight excluding hydrogens is 369 g/mol. The number of Topliss-reactive ketones (excluding diaryl/α,β-unsaturated/α-hetero) is 1. The molecule has 0 bridgehead atoms. The Labute approximate surface area is 165 Å². The number of aromatic hydroxyl groups is 1. The average Bonchev–Trinajstić information content (AvgIpc) is 2.82. The number of ketones is 1. The molecule has 0 aliphatic carbocycles. The summed E-state index contributed by atoms with van der Waals surface area (Å²) >= 11 is 11.9. The van der Waals surface area contributed by atoms with Gasteiger partial charge in [-0.1, -0.05) is 76.9 Å². The Kier molecular flexibility index (Phi) is 5.84. The van der Waals surface area contributed by atoms with Crippen LogP contribution in [0.5, 0.6) is 5.75 Å². The van der Waals surface area contributed by atoms with Gasteiger partial charge in [-0.2, -0.15) is 0 Å². The first-order valence-electron chi connectivity index (χ1n) is 8.74. The molecule has 2 rings (SSSR count). The number of aromatic amines is 1. The third kappa shape index (κ3) is 4.63. The number of H-pyrrole nitrogens is 1. The number of benzene rings is 1. The summed E-state index contributed by atoms with van der Waals surface area (Å²) in [5.74, 6) is 0.267. The van der Waals surface area contributed by atoms with E-state index < -0.39 is 0 Å². The number of carbonyl (C=O) groups is 1. The predicted molar refractivity (Wildman–Crippen MR) is 109 cm³/mol. The molecule has 1 aromatic heterocycles. The summed E-state index contributed by atoms with van der Waals surface area (Å²) in [6.45, 7) is 12.4. The van der Waals surface area contributed by atoms with E-state index >= 15 is 0 Å². The minimum Gasteiger partial charge on any atom is -0.507 e. The third-order valence-electron chi connectivity index (χ3n) is 4.44. The molecule has 0 radical (unpaired) electrons. The Bertz CT molecular complexity index is 789. The Morgan fingerprint density at radius 3 is 1.88 bits per heavy atom. The fraction of sp³-hybridized carbons (Fsp3) is 0.476. The first-order valence-corrected chi connectivity index (χ1v) is 9.50. The van der Waals surface area contributed by atoms with Crippen molar-refractivity contribution in [3.8, 4) is 5.75 Å². The number of carbonyl (C=O) groups excluding carboxylic acids is 1. The summed E-state index contributed by atoms with van der Waals surface area (Å²) in [6, 6.07) is 5.54. The lowest BCUT2D eigenvalue weighted by Crippen LogP contribution is -2.18. The second-order valence-corrected chi connectivity index (χ2v) is 9.62. The van der Waals surface area contributed by atoms with Crippen LogP contribution in [0.15, 0.2) is 18.2 Å². The van der Waals surface area contributed by atoms with Crippen molar-refractivity contribution in [1.29, 1.82) is 0 Å². The highest BCUT2D eigenvalue weighted by molar-refractivity contribution is 6.36. The zero-order valence-corrected chi connectivity index (χ0v) is 17.8. The molecule has 0 unspecified atom stereocenters. The zero-order valence-electron chi connectivity index (χ0n) is 16.3. The van der Waals surface area contributed by atoms with E-state index in [0.717, 1.165) is 16.7 Å². The number of hydrogen-bond acceptors (Lipinski definition) is 2. The molecule has 0 atom stereocenters. The van der Waals surface area contributed by atoms with E-state index in [9.17, 15) is 9.90 Å². The van der Waals surface area contributed by atoms with Crippen molar-refractivity contribution < 1.29 is 9.90 Å². The molecule has 5 heteroatoms. The number of aryl methyl sites for hydroxylation is 1. The lowest BCUT2D eigenvalue weighted by molar-refractivity contribution is 0.0979. The van der Waals surface area contributed by atoms with Gasteiger partial charge in [0, 0.05) is 6.42 Å². The van der Waals surface area contributed by atoms with Gasteiger partial charge in [-0.05, 0) is 40.0 Å². The fourth-order valence-corrected chi connectivity index (χ4v) is 3.49. The van der Waals surface area contributed by atoms with Gasteiger partial charge in [0.1, 0.15) is 16.6 Å². The van der Waals surface area contributed by atoms with Gasteiger partial charge in [-0.15, -0.1) is 0 Å². The smallest absolute Gasteiger partial charge is 0.180 e. The maximum absolute atomic E-state index is 12.5. The molecule has 0 saturated carbocycles. The highest BCUT2D eigenvalue weighted by Crippen LogP contribution is 2.40. The van der Waals surface area contributed by atoms with Crippen LogP contribution in [0.25, 0.3) is 0 Å². The Morgan fingerprint density at radius 1 is 1.00 bits per heavy atom. The van der Waals surface area contributed by atoms with Gasteiger partial charge in [-0.3, -0.25) is 4.79 Å². The summed E-state index contributed by atoms with van der Waals surface area (Å²) in [5.41, 5.74) is 2.78. The van der Waals surface area contributed by atoms with Crippen molar-refractivity contribution in [3.63, 3.8) is 0 Å². The van der Waals surface area contributed by atoms with Gasteiger partial charge in [0.05, 0.1) is 5.02 Å². The fourth-order valence-electron chi connectivity index (χ4n) is 2.97. The first kappa shape index (κ1) is 20.9. The summed E-state index contributed by atoms with van der Waals surface area (Å²) in [7, 11) is 0. The largest absolute Gasteiger partial charge is 0.507 e. The van der Waals surface area contributed by atoms with E-state index in [1.54, 1.807) is 0 Å². The molecule has 0 aliphatic rings. The average molecular weight is 396 g/mol. The van der Waals surface area contributed by atoms with Crippen LogP contribution < -0.4 is 0 Å². The number of aromatic nitrogens is 1. The standard InChI is InChI=1S/C21H27Cl2NO2/c1-20(2,3)13-9-12(10-14(19(13)26)21(4,5)6)7-8-16(25)18-15(22)11-17(23)24-18/h9-11,24,26H,7-8H2,1-6H3. The van der Waals surface area contributed by atoms with E-state index in [1.165, 1.54) is 6.07 Å². The molecule has 142 valence electrons. The van der Waals surface area contributed by atoms with Crippen molar-refractivity contribution in [1.82, 2.24) is 4.98 Å². The first-order chi connectivity index (χ1) is 11.8. The number of nitrogens with one attached hydrogen (secondary N) is 1. The summed E-state index contributed by atoms with van der Waals surface area (Å²) in [4.78, 5) is 15.3. The molecule has 0 spiro atoms. The lowest BCUT2D eigenvalue weighted by Gasteiger charge is -2.28. The topological polar surface area (TPSA) is 53.1 Å². The van der Waals surface area contributed by atoms with E-state index in [2.05, 4.69) is 46.5 Å². The van der Waals surface area contributed by atoms with Gasteiger partial charge in [0.2, 0.25) is 0 Å². The number of halogens is 2. The number of phenolic OH excluding ortho intramolecular Hbond substituents is 1. The Balaban J connectivity index is 2.34. The normalized spacial score (nSPS) is 12.5. The minimum absolute atomic E-state index is 0.0791. The molecular formula is C21H27Cl2NO2. The quantitative estimate of drug-likeness (QED) is 0.585. The van der Waals surface area contributed by atoms with Crippen LogP contribution in [-0.4, -0.2) is 15.9 Å². The van der Waals surface area contributed by atoms with Gasteiger partial charge in [0.25, 0.3) is 0 Å². The van der Waals surface area contributed by atoms with E-state index in [4.69, 9.17) is 23.2 Å². The van der Waals surface area contributed by atoms with Gasteiger partial charge >= 0.3 is 0 Å². The molecule has 1 aromatic carbocycles. The maximum atomic E-state index is 12.5. The molecule has 1 heterocycles. The monoisotopic (exact) mass is 395 g/mol. The van der Waals surface area contributed by atoms with Crippen LogP contribution in [0.3, 0.4) is 0 Å². The van der Waals surface area contributed by atoms with Gasteiger partial charge in [0.15, 0.2) is 5.78 Å². The second-order valence-electron chi connectivity index (χ2n) is 8.80. The highest BCUT2D eigenvalue weighted by atomic mass is 35.5. The summed E-state index contributed by atoms with van der Waals surface area (Å²) in [5, 5.41) is 11.5. The lowest BCUT2D eigenvalue weighted by atomic mass is 9.78. The van der Waals surface area contributed by atoms with Crippen molar-refractivity contribution in [2.24, 2.45) is 0 Å². The molecule has 0 saturated heterocycles. The van der Waals surface area contributed by atoms with Crippen molar-refractivity contribution in [3.05, 3.63) is 50.8 Å². The zero-order chi connectivity index (χ0) is 19.9. The number of hydrogen-bond donors (Lipinski definition) is 2. The van der Waals surface area contributed by atoms with Crippen LogP contribution in [0.1, 0.15) is 75.1 Å². The van der Waals surface area contributed by atoms with Crippen LogP contribution in [0, 0.1) is 0 Å².